The molecule has 0 aliphatic rings. The third kappa shape index (κ3) is 5.95. The number of anilines is 1. The molecule has 2 rings (SSSR count). The molecule has 2 aromatic carbocycles. The molecule has 1 N–H and O–H groups in total. The van der Waals surface area contributed by atoms with Gasteiger partial charge in [0.25, 0.3) is 0 Å². The van der Waals surface area contributed by atoms with E-state index in [1.807, 2.05) is 32.0 Å². The molecule has 0 saturated heterocycles. The van der Waals surface area contributed by atoms with Gasteiger partial charge in [-0.1, -0.05) is 30.3 Å². The van der Waals surface area contributed by atoms with Gasteiger partial charge in [-0.2, -0.15) is 0 Å². The van der Waals surface area contributed by atoms with Gasteiger partial charge in [-0.3, -0.25) is 14.4 Å². The maximum Gasteiger partial charge on any atom is 0.306 e. The first kappa shape index (κ1) is 20.2. The van der Waals surface area contributed by atoms with Crippen LogP contribution in [0.5, 0.6) is 5.75 Å². The van der Waals surface area contributed by atoms with Crippen LogP contribution in [0.25, 0.3) is 0 Å². The molecule has 142 valence electrons. The van der Waals surface area contributed by atoms with E-state index >= 15 is 0 Å². The van der Waals surface area contributed by atoms with Gasteiger partial charge in [-0.25, -0.2) is 0 Å². The van der Waals surface area contributed by atoms with Crippen LogP contribution in [0.15, 0.2) is 42.5 Å². The number of aryl methyl sites for hydroxylation is 2. The number of benzene rings is 2. The number of rotatable bonds is 8. The summed E-state index contributed by atoms with van der Waals surface area (Å²) in [6, 6.07) is 12.3. The van der Waals surface area contributed by atoms with E-state index in [1.165, 1.54) is 7.11 Å². The zero-order valence-corrected chi connectivity index (χ0v) is 15.7. The van der Waals surface area contributed by atoms with Crippen LogP contribution in [-0.2, 0) is 14.3 Å². The standard InChI is InChI=1S/C21H23NO5/c1-14-6-4-7-15(2)21(14)22-19(24)10-11-20(25)27-13-18(23)16-8-5-9-17(12-16)26-3/h4-9,12H,10-11,13H2,1-3H3,(H,22,24). The van der Waals surface area contributed by atoms with E-state index in [9.17, 15) is 14.4 Å². The fraction of sp³-hybridized carbons (Fsp3) is 0.286. The van der Waals surface area contributed by atoms with Crippen LogP contribution in [0.4, 0.5) is 5.69 Å². The Morgan fingerprint density at radius 3 is 2.30 bits per heavy atom. The maximum absolute atomic E-state index is 12.1. The number of carbonyl (C=O) groups excluding carboxylic acids is 3. The van der Waals surface area contributed by atoms with E-state index in [-0.39, 0.29) is 31.1 Å². The third-order valence-electron chi connectivity index (χ3n) is 4.06. The quantitative estimate of drug-likeness (QED) is 0.569. The Morgan fingerprint density at radius 2 is 1.63 bits per heavy atom. The van der Waals surface area contributed by atoms with Crippen molar-refractivity contribution >= 4 is 23.3 Å². The number of amides is 1. The first-order chi connectivity index (χ1) is 12.9. The topological polar surface area (TPSA) is 81.7 Å². The first-order valence-corrected chi connectivity index (χ1v) is 8.59. The number of carbonyl (C=O) groups is 3. The highest BCUT2D eigenvalue weighted by Crippen LogP contribution is 2.19. The first-order valence-electron chi connectivity index (χ1n) is 8.59. The predicted molar refractivity (Wildman–Crippen MR) is 102 cm³/mol. The summed E-state index contributed by atoms with van der Waals surface area (Å²) in [4.78, 5) is 35.9. The molecule has 0 unspecified atom stereocenters. The lowest BCUT2D eigenvalue weighted by Gasteiger charge is -2.11. The number of hydrogen-bond acceptors (Lipinski definition) is 5. The van der Waals surface area contributed by atoms with Crippen LogP contribution in [0.2, 0.25) is 0 Å². The predicted octanol–water partition coefficient (Wildman–Crippen LogP) is 3.46. The van der Waals surface area contributed by atoms with Crippen molar-refractivity contribution in [2.24, 2.45) is 0 Å². The van der Waals surface area contributed by atoms with Crippen LogP contribution in [0.1, 0.15) is 34.3 Å². The zero-order chi connectivity index (χ0) is 19.8. The fourth-order valence-electron chi connectivity index (χ4n) is 2.53. The van der Waals surface area contributed by atoms with Crippen molar-refractivity contribution in [1.29, 1.82) is 0 Å². The molecular formula is C21H23NO5. The van der Waals surface area contributed by atoms with Crippen molar-refractivity contribution in [3.63, 3.8) is 0 Å². The van der Waals surface area contributed by atoms with Crippen LogP contribution >= 0.6 is 0 Å². The summed E-state index contributed by atoms with van der Waals surface area (Å²) in [5.41, 5.74) is 3.06. The zero-order valence-electron chi connectivity index (χ0n) is 15.7. The molecule has 2 aromatic rings. The second-order valence-corrected chi connectivity index (χ2v) is 6.13. The minimum Gasteiger partial charge on any atom is -0.497 e. The fourth-order valence-corrected chi connectivity index (χ4v) is 2.53. The van der Waals surface area contributed by atoms with Crippen LogP contribution in [-0.4, -0.2) is 31.4 Å². The van der Waals surface area contributed by atoms with Gasteiger partial charge < -0.3 is 14.8 Å². The largest absolute Gasteiger partial charge is 0.497 e. The molecule has 6 nitrogen and oxygen atoms in total. The maximum atomic E-state index is 12.1. The van der Waals surface area contributed by atoms with Crippen molar-refractivity contribution in [2.75, 3.05) is 19.0 Å². The molecule has 0 aliphatic carbocycles. The molecule has 0 aliphatic heterocycles. The van der Waals surface area contributed by atoms with Gasteiger partial charge in [0.15, 0.2) is 12.4 Å². The second-order valence-electron chi connectivity index (χ2n) is 6.13. The van der Waals surface area contributed by atoms with Gasteiger partial charge >= 0.3 is 5.97 Å². The summed E-state index contributed by atoms with van der Waals surface area (Å²) in [5, 5.41) is 2.81. The van der Waals surface area contributed by atoms with E-state index in [1.54, 1.807) is 24.3 Å². The van der Waals surface area contributed by atoms with E-state index in [0.29, 0.717) is 11.3 Å². The van der Waals surface area contributed by atoms with Gasteiger partial charge in [0.05, 0.1) is 13.5 Å². The van der Waals surface area contributed by atoms with Gasteiger partial charge in [0, 0.05) is 17.7 Å². The number of Topliss-reactive ketones (excluding diaryl/α,β-unsaturated/α-hetero) is 1. The normalized spacial score (nSPS) is 10.2. The lowest BCUT2D eigenvalue weighted by Crippen LogP contribution is -2.18. The van der Waals surface area contributed by atoms with Crippen molar-refractivity contribution in [1.82, 2.24) is 0 Å². The molecule has 0 atom stereocenters. The average molecular weight is 369 g/mol. The summed E-state index contributed by atoms with van der Waals surface area (Å²) < 4.78 is 10.0. The van der Waals surface area contributed by atoms with Crippen molar-refractivity contribution in [2.45, 2.75) is 26.7 Å². The lowest BCUT2D eigenvalue weighted by molar-refractivity contribution is -0.143. The number of esters is 1. The van der Waals surface area contributed by atoms with E-state index in [0.717, 1.165) is 16.8 Å². The summed E-state index contributed by atoms with van der Waals surface area (Å²) in [7, 11) is 1.51. The smallest absolute Gasteiger partial charge is 0.306 e. The summed E-state index contributed by atoms with van der Waals surface area (Å²) in [5.74, 6) is -0.649. The lowest BCUT2D eigenvalue weighted by atomic mass is 10.1. The number of para-hydroxylation sites is 1. The Bertz CT molecular complexity index is 824. The van der Waals surface area contributed by atoms with Crippen molar-refractivity contribution < 1.29 is 23.9 Å². The number of methoxy groups -OCH3 is 1. The van der Waals surface area contributed by atoms with Crippen molar-refractivity contribution in [3.8, 4) is 5.75 Å². The number of ether oxygens (including phenoxy) is 2. The molecule has 27 heavy (non-hydrogen) atoms. The number of nitrogens with one attached hydrogen (secondary N) is 1. The highest BCUT2D eigenvalue weighted by atomic mass is 16.5. The summed E-state index contributed by atoms with van der Waals surface area (Å²) in [6.45, 7) is 3.44. The molecule has 6 heteroatoms. The van der Waals surface area contributed by atoms with E-state index < -0.39 is 5.97 Å². The molecule has 0 aromatic heterocycles. The molecule has 0 saturated carbocycles. The molecule has 0 radical (unpaired) electrons. The van der Waals surface area contributed by atoms with Gasteiger partial charge in [0.1, 0.15) is 5.75 Å². The highest BCUT2D eigenvalue weighted by Gasteiger charge is 2.13. The summed E-state index contributed by atoms with van der Waals surface area (Å²) >= 11 is 0. The van der Waals surface area contributed by atoms with Crippen LogP contribution in [0, 0.1) is 13.8 Å². The second kappa shape index (κ2) is 9.52. The Hall–Kier alpha value is -3.15. The molecular weight excluding hydrogens is 346 g/mol. The molecule has 0 heterocycles. The minimum absolute atomic E-state index is 0.0139. The Balaban J connectivity index is 1.78. The Labute approximate surface area is 158 Å². The Morgan fingerprint density at radius 1 is 0.963 bits per heavy atom. The highest BCUT2D eigenvalue weighted by molar-refractivity contribution is 5.98. The monoisotopic (exact) mass is 369 g/mol. The number of hydrogen-bond donors (Lipinski definition) is 1. The van der Waals surface area contributed by atoms with Gasteiger partial charge in [-0.05, 0) is 37.1 Å². The minimum atomic E-state index is -0.595. The molecule has 0 bridgehead atoms. The third-order valence-corrected chi connectivity index (χ3v) is 4.06. The summed E-state index contributed by atoms with van der Waals surface area (Å²) in [6.07, 6.45) is -0.109. The average Bonchev–Trinajstić information content (AvgIpc) is 2.67. The van der Waals surface area contributed by atoms with Crippen molar-refractivity contribution in [3.05, 3.63) is 59.2 Å². The van der Waals surface area contributed by atoms with E-state index in [4.69, 9.17) is 9.47 Å². The van der Waals surface area contributed by atoms with Crippen LogP contribution < -0.4 is 10.1 Å². The Kier molecular flexibility index (Phi) is 7.11. The van der Waals surface area contributed by atoms with E-state index in [2.05, 4.69) is 5.32 Å². The number of ketones is 1. The molecule has 0 fully saturated rings. The van der Waals surface area contributed by atoms with Gasteiger partial charge in [-0.15, -0.1) is 0 Å². The van der Waals surface area contributed by atoms with Crippen LogP contribution in [0.3, 0.4) is 0 Å². The van der Waals surface area contributed by atoms with Gasteiger partial charge in [0.2, 0.25) is 5.91 Å². The molecule has 0 spiro atoms. The SMILES string of the molecule is COc1cccc(C(=O)COC(=O)CCC(=O)Nc2c(C)cccc2C)c1. The molecule has 1 amide bonds.